The SMILES string of the molecule is CN(CC(=O)O)C(=O)C12CC3CC(CC(C3)C1)C2. The molecule has 0 aliphatic heterocycles. The van der Waals surface area contributed by atoms with Crippen molar-refractivity contribution in [2.75, 3.05) is 13.6 Å². The molecule has 0 saturated heterocycles. The first-order valence-corrected chi connectivity index (χ1v) is 6.96. The monoisotopic (exact) mass is 251 g/mol. The van der Waals surface area contributed by atoms with Gasteiger partial charge in [-0.1, -0.05) is 0 Å². The first-order chi connectivity index (χ1) is 8.48. The molecule has 4 aliphatic rings. The van der Waals surface area contributed by atoms with E-state index in [2.05, 4.69) is 0 Å². The number of nitrogens with zero attached hydrogens (tertiary/aromatic N) is 1. The lowest BCUT2D eigenvalue weighted by Gasteiger charge is -2.56. The highest BCUT2D eigenvalue weighted by Gasteiger charge is 2.55. The molecule has 0 atom stereocenters. The summed E-state index contributed by atoms with van der Waals surface area (Å²) in [6, 6.07) is 0. The van der Waals surface area contributed by atoms with Gasteiger partial charge in [-0.15, -0.1) is 0 Å². The minimum absolute atomic E-state index is 0.0870. The van der Waals surface area contributed by atoms with Crippen LogP contribution in [0.2, 0.25) is 0 Å². The number of likely N-dealkylation sites (N-methyl/N-ethyl adjacent to an activating group) is 1. The molecule has 4 heteroatoms. The van der Waals surface area contributed by atoms with Gasteiger partial charge in [-0.3, -0.25) is 9.59 Å². The van der Waals surface area contributed by atoms with Crippen molar-refractivity contribution in [1.29, 1.82) is 0 Å². The van der Waals surface area contributed by atoms with Crippen LogP contribution in [-0.2, 0) is 9.59 Å². The summed E-state index contributed by atoms with van der Waals surface area (Å²) in [5.41, 5.74) is -0.209. The number of carbonyl (C=O) groups is 2. The third kappa shape index (κ3) is 1.82. The van der Waals surface area contributed by atoms with Crippen LogP contribution >= 0.6 is 0 Å². The fourth-order valence-electron chi connectivity index (χ4n) is 5.05. The van der Waals surface area contributed by atoms with Crippen molar-refractivity contribution in [3.05, 3.63) is 0 Å². The van der Waals surface area contributed by atoms with Crippen molar-refractivity contribution in [3.63, 3.8) is 0 Å². The Bertz CT molecular complexity index is 355. The first-order valence-electron chi connectivity index (χ1n) is 6.96. The van der Waals surface area contributed by atoms with E-state index in [1.165, 1.54) is 24.2 Å². The molecule has 0 aromatic rings. The summed E-state index contributed by atoms with van der Waals surface area (Å²) in [6.07, 6.45) is 6.91. The van der Waals surface area contributed by atoms with Crippen LogP contribution in [0.3, 0.4) is 0 Å². The van der Waals surface area contributed by atoms with Crippen LogP contribution in [0.25, 0.3) is 0 Å². The second kappa shape index (κ2) is 3.97. The minimum Gasteiger partial charge on any atom is -0.480 e. The number of hydrogen-bond donors (Lipinski definition) is 1. The molecular formula is C14H21NO3. The summed E-state index contributed by atoms with van der Waals surface area (Å²) in [5.74, 6) is 1.33. The van der Waals surface area contributed by atoms with Crippen molar-refractivity contribution in [2.45, 2.75) is 38.5 Å². The second-order valence-electron chi connectivity index (χ2n) is 6.75. The van der Waals surface area contributed by atoms with Gasteiger partial charge in [0.15, 0.2) is 0 Å². The fourth-order valence-corrected chi connectivity index (χ4v) is 5.05. The highest BCUT2D eigenvalue weighted by atomic mass is 16.4. The van der Waals surface area contributed by atoms with E-state index in [9.17, 15) is 9.59 Å². The Morgan fingerprint density at radius 1 is 1.11 bits per heavy atom. The summed E-state index contributed by atoms with van der Waals surface area (Å²) in [5, 5.41) is 8.82. The van der Waals surface area contributed by atoms with E-state index < -0.39 is 5.97 Å². The van der Waals surface area contributed by atoms with E-state index in [4.69, 9.17) is 5.11 Å². The average molecular weight is 251 g/mol. The Balaban J connectivity index is 1.78. The fraction of sp³-hybridized carbons (Fsp3) is 0.857. The smallest absolute Gasteiger partial charge is 0.323 e. The van der Waals surface area contributed by atoms with Crippen molar-refractivity contribution in [3.8, 4) is 0 Å². The molecule has 0 spiro atoms. The predicted octanol–water partition coefficient (Wildman–Crippen LogP) is 1.75. The van der Waals surface area contributed by atoms with Gasteiger partial charge in [0.25, 0.3) is 0 Å². The number of amides is 1. The van der Waals surface area contributed by atoms with Crippen molar-refractivity contribution in [1.82, 2.24) is 4.90 Å². The number of hydrogen-bond acceptors (Lipinski definition) is 2. The molecule has 0 aromatic heterocycles. The molecule has 18 heavy (non-hydrogen) atoms. The number of aliphatic carboxylic acids is 1. The van der Waals surface area contributed by atoms with E-state index in [1.807, 2.05) is 0 Å². The van der Waals surface area contributed by atoms with E-state index >= 15 is 0 Å². The summed E-state index contributed by atoms with van der Waals surface area (Å²) < 4.78 is 0. The average Bonchev–Trinajstić information content (AvgIpc) is 2.25. The molecule has 4 fully saturated rings. The summed E-state index contributed by atoms with van der Waals surface area (Å²) >= 11 is 0. The van der Waals surface area contributed by atoms with E-state index in [0.29, 0.717) is 0 Å². The molecule has 0 unspecified atom stereocenters. The second-order valence-corrected chi connectivity index (χ2v) is 6.75. The highest BCUT2D eigenvalue weighted by Crippen LogP contribution is 2.60. The van der Waals surface area contributed by atoms with E-state index in [0.717, 1.165) is 37.0 Å². The zero-order valence-electron chi connectivity index (χ0n) is 10.9. The molecule has 4 aliphatic carbocycles. The summed E-state index contributed by atoms with van der Waals surface area (Å²) in [7, 11) is 1.63. The Labute approximate surface area is 107 Å². The van der Waals surface area contributed by atoms with Gasteiger partial charge >= 0.3 is 5.97 Å². The molecule has 1 amide bonds. The topological polar surface area (TPSA) is 57.6 Å². The Hall–Kier alpha value is -1.06. The van der Waals surface area contributed by atoms with Gasteiger partial charge in [-0.25, -0.2) is 0 Å². The highest BCUT2D eigenvalue weighted by molar-refractivity contribution is 5.86. The number of carboxylic acid groups (broad SMARTS) is 1. The predicted molar refractivity (Wildman–Crippen MR) is 65.9 cm³/mol. The van der Waals surface area contributed by atoms with Gasteiger partial charge in [0.1, 0.15) is 6.54 Å². The molecule has 4 saturated carbocycles. The molecule has 100 valence electrons. The maximum atomic E-state index is 12.6. The lowest BCUT2D eigenvalue weighted by Crippen LogP contribution is -2.54. The van der Waals surface area contributed by atoms with E-state index in [-0.39, 0.29) is 17.9 Å². The number of carboxylic acids is 1. The van der Waals surface area contributed by atoms with Crippen molar-refractivity contribution < 1.29 is 14.7 Å². The van der Waals surface area contributed by atoms with Crippen LogP contribution in [0.4, 0.5) is 0 Å². The van der Waals surface area contributed by atoms with Crippen molar-refractivity contribution >= 4 is 11.9 Å². The molecule has 0 heterocycles. The normalized spacial score (nSPS) is 40.8. The largest absolute Gasteiger partial charge is 0.480 e. The summed E-state index contributed by atoms with van der Waals surface area (Å²) in [4.78, 5) is 24.8. The third-order valence-corrected chi connectivity index (χ3v) is 5.21. The van der Waals surface area contributed by atoms with Crippen LogP contribution in [0.1, 0.15) is 38.5 Å². The van der Waals surface area contributed by atoms with Gasteiger partial charge in [-0.2, -0.15) is 0 Å². The standard InChI is InChI=1S/C14H21NO3/c1-15(8-12(16)17)13(18)14-5-9-2-10(6-14)4-11(3-9)7-14/h9-11H,2-8H2,1H3,(H,16,17). The van der Waals surface area contributed by atoms with Crippen molar-refractivity contribution in [2.24, 2.45) is 23.2 Å². The molecule has 4 rings (SSSR count). The summed E-state index contributed by atoms with van der Waals surface area (Å²) in [6.45, 7) is -0.166. The van der Waals surface area contributed by atoms with Crippen LogP contribution in [0.5, 0.6) is 0 Å². The van der Waals surface area contributed by atoms with Crippen LogP contribution in [0.15, 0.2) is 0 Å². The molecule has 0 aromatic carbocycles. The Morgan fingerprint density at radius 3 is 1.94 bits per heavy atom. The van der Waals surface area contributed by atoms with Gasteiger partial charge in [0.05, 0.1) is 5.41 Å². The van der Waals surface area contributed by atoms with Gasteiger partial charge in [0.2, 0.25) is 5.91 Å². The van der Waals surface area contributed by atoms with Gasteiger partial charge < -0.3 is 10.0 Å². The Morgan fingerprint density at radius 2 is 1.56 bits per heavy atom. The quantitative estimate of drug-likeness (QED) is 0.831. The first kappa shape index (κ1) is 12.0. The maximum absolute atomic E-state index is 12.6. The zero-order valence-corrected chi connectivity index (χ0v) is 10.9. The zero-order chi connectivity index (χ0) is 12.9. The molecule has 1 N–H and O–H groups in total. The maximum Gasteiger partial charge on any atom is 0.323 e. The molecular weight excluding hydrogens is 230 g/mol. The third-order valence-electron chi connectivity index (χ3n) is 5.21. The number of rotatable bonds is 3. The Kier molecular flexibility index (Phi) is 2.65. The van der Waals surface area contributed by atoms with Gasteiger partial charge in [0, 0.05) is 7.05 Å². The van der Waals surface area contributed by atoms with E-state index in [1.54, 1.807) is 7.05 Å². The molecule has 4 nitrogen and oxygen atoms in total. The molecule has 4 bridgehead atoms. The lowest BCUT2D eigenvalue weighted by atomic mass is 9.49. The van der Waals surface area contributed by atoms with Crippen LogP contribution in [0, 0.1) is 23.2 Å². The van der Waals surface area contributed by atoms with Crippen LogP contribution < -0.4 is 0 Å². The molecule has 0 radical (unpaired) electrons. The minimum atomic E-state index is -0.921. The van der Waals surface area contributed by atoms with Crippen LogP contribution in [-0.4, -0.2) is 35.5 Å². The lowest BCUT2D eigenvalue weighted by molar-refractivity contribution is -0.159. The van der Waals surface area contributed by atoms with Gasteiger partial charge in [-0.05, 0) is 56.3 Å². The number of carbonyl (C=O) groups excluding carboxylic acids is 1.